The lowest BCUT2D eigenvalue weighted by molar-refractivity contribution is -0.151. The molecule has 1 aromatic carbocycles. The summed E-state index contributed by atoms with van der Waals surface area (Å²) >= 11 is 0. The number of carbonyl (C=O) groups excluding carboxylic acids is 3. The standard InChI is InChI=1S/C22H24FNO5/c1-5-29-22(27)17-12(3)24-15-9-11(2)16(21(26)28-4)20(25)19(15)18(17)13-7-6-8-14(23)10-13/h6-8,10-11,16,18,24H,5,9H2,1-4H3/t11-,16-,18-/m0/s1. The monoisotopic (exact) mass is 401 g/mol. The van der Waals surface area contributed by atoms with Gasteiger partial charge in [0.2, 0.25) is 0 Å². The van der Waals surface area contributed by atoms with E-state index in [2.05, 4.69) is 5.32 Å². The van der Waals surface area contributed by atoms with Crippen LogP contribution >= 0.6 is 0 Å². The van der Waals surface area contributed by atoms with Gasteiger partial charge in [0.1, 0.15) is 11.7 Å². The van der Waals surface area contributed by atoms with Gasteiger partial charge in [-0.25, -0.2) is 9.18 Å². The third-order valence-electron chi connectivity index (χ3n) is 5.42. The minimum atomic E-state index is -0.974. The van der Waals surface area contributed by atoms with Crippen molar-refractivity contribution in [3.8, 4) is 0 Å². The summed E-state index contributed by atoms with van der Waals surface area (Å²) in [5, 5.41) is 3.15. The van der Waals surface area contributed by atoms with Crippen molar-refractivity contribution in [3.63, 3.8) is 0 Å². The van der Waals surface area contributed by atoms with E-state index in [9.17, 15) is 18.8 Å². The number of rotatable bonds is 4. The molecule has 2 aliphatic rings. The van der Waals surface area contributed by atoms with Gasteiger partial charge in [0.25, 0.3) is 0 Å². The molecule has 1 aliphatic heterocycles. The summed E-state index contributed by atoms with van der Waals surface area (Å²) in [5.41, 5.74) is 2.17. The summed E-state index contributed by atoms with van der Waals surface area (Å²) < 4.78 is 24.1. The van der Waals surface area contributed by atoms with Gasteiger partial charge >= 0.3 is 11.9 Å². The second-order valence-electron chi connectivity index (χ2n) is 7.31. The van der Waals surface area contributed by atoms with Crippen LogP contribution in [0.4, 0.5) is 4.39 Å². The second-order valence-corrected chi connectivity index (χ2v) is 7.31. The molecule has 0 bridgehead atoms. The molecule has 0 unspecified atom stereocenters. The Morgan fingerprint density at radius 3 is 2.66 bits per heavy atom. The van der Waals surface area contributed by atoms with Crippen LogP contribution in [0.2, 0.25) is 0 Å². The van der Waals surface area contributed by atoms with Crippen molar-refractivity contribution in [1.82, 2.24) is 5.32 Å². The van der Waals surface area contributed by atoms with Crippen molar-refractivity contribution < 1.29 is 28.2 Å². The van der Waals surface area contributed by atoms with Crippen molar-refractivity contribution >= 4 is 17.7 Å². The molecule has 0 amide bonds. The van der Waals surface area contributed by atoms with E-state index in [4.69, 9.17) is 9.47 Å². The first-order chi connectivity index (χ1) is 13.8. The van der Waals surface area contributed by atoms with Crippen molar-refractivity contribution in [2.75, 3.05) is 13.7 Å². The molecule has 0 radical (unpaired) electrons. The molecule has 1 aromatic rings. The number of nitrogens with one attached hydrogen (secondary N) is 1. The molecule has 0 spiro atoms. The molecule has 0 fully saturated rings. The van der Waals surface area contributed by atoms with Gasteiger partial charge in [0, 0.05) is 22.9 Å². The Labute approximate surface area is 168 Å². The van der Waals surface area contributed by atoms with Gasteiger partial charge in [-0.2, -0.15) is 0 Å². The molecule has 1 heterocycles. The number of Topliss-reactive ketones (excluding diaryl/α,β-unsaturated/α-hetero) is 1. The number of benzene rings is 1. The molecule has 7 heteroatoms. The fraction of sp³-hybridized carbons (Fsp3) is 0.409. The van der Waals surface area contributed by atoms with Gasteiger partial charge in [-0.1, -0.05) is 19.1 Å². The first-order valence-corrected chi connectivity index (χ1v) is 9.55. The van der Waals surface area contributed by atoms with Crippen molar-refractivity contribution in [2.45, 2.75) is 33.1 Å². The van der Waals surface area contributed by atoms with Gasteiger partial charge in [-0.05, 0) is 43.9 Å². The van der Waals surface area contributed by atoms with Gasteiger partial charge in [0.05, 0.1) is 19.3 Å². The van der Waals surface area contributed by atoms with E-state index in [1.807, 2.05) is 6.92 Å². The predicted molar refractivity (Wildman–Crippen MR) is 103 cm³/mol. The van der Waals surface area contributed by atoms with E-state index in [1.165, 1.54) is 25.3 Å². The van der Waals surface area contributed by atoms with Crippen LogP contribution in [-0.2, 0) is 23.9 Å². The number of hydrogen-bond acceptors (Lipinski definition) is 6. The van der Waals surface area contributed by atoms with Crippen LogP contribution in [0.3, 0.4) is 0 Å². The van der Waals surface area contributed by atoms with Gasteiger partial charge in [-0.3, -0.25) is 9.59 Å². The minimum absolute atomic E-state index is 0.160. The summed E-state index contributed by atoms with van der Waals surface area (Å²) in [7, 11) is 1.24. The van der Waals surface area contributed by atoms with E-state index in [0.29, 0.717) is 23.4 Å². The third-order valence-corrected chi connectivity index (χ3v) is 5.42. The van der Waals surface area contributed by atoms with Crippen molar-refractivity contribution in [1.29, 1.82) is 0 Å². The summed E-state index contributed by atoms with van der Waals surface area (Å²) in [6.45, 7) is 5.38. The lowest BCUT2D eigenvalue weighted by atomic mass is 9.69. The number of ether oxygens (including phenoxy) is 2. The third kappa shape index (κ3) is 3.69. The van der Waals surface area contributed by atoms with Gasteiger partial charge in [0.15, 0.2) is 5.78 Å². The molecule has 0 aromatic heterocycles. The lowest BCUT2D eigenvalue weighted by Crippen LogP contribution is -2.43. The second kappa shape index (κ2) is 8.19. The van der Waals surface area contributed by atoms with Gasteiger partial charge < -0.3 is 14.8 Å². The van der Waals surface area contributed by atoms with Crippen LogP contribution < -0.4 is 5.32 Å². The van der Waals surface area contributed by atoms with E-state index in [0.717, 1.165) is 0 Å². The SMILES string of the molecule is CCOC(=O)C1=C(C)NC2=C(C(=O)[C@@H](C(=O)OC)[C@@H](C)C2)[C@H]1c1cccc(F)c1. The van der Waals surface area contributed by atoms with Crippen LogP contribution in [0, 0.1) is 17.7 Å². The van der Waals surface area contributed by atoms with Crippen molar-refractivity contribution in [3.05, 3.63) is 58.2 Å². The normalized spacial score (nSPS) is 24.0. The summed E-state index contributed by atoms with van der Waals surface area (Å²) in [5.74, 6) is -4.17. The Bertz CT molecular complexity index is 933. The number of dihydropyridines is 1. The predicted octanol–water partition coefficient (Wildman–Crippen LogP) is 3.00. The van der Waals surface area contributed by atoms with Gasteiger partial charge in [-0.15, -0.1) is 0 Å². The highest BCUT2D eigenvalue weighted by atomic mass is 19.1. The molecule has 29 heavy (non-hydrogen) atoms. The number of ketones is 1. The number of halogens is 1. The summed E-state index contributed by atoms with van der Waals surface area (Å²) in [6.07, 6.45) is 0.431. The summed E-state index contributed by atoms with van der Waals surface area (Å²) in [4.78, 5) is 38.5. The Morgan fingerprint density at radius 1 is 1.31 bits per heavy atom. The zero-order valence-electron chi connectivity index (χ0n) is 16.9. The topological polar surface area (TPSA) is 81.7 Å². The number of hydrogen-bond donors (Lipinski definition) is 1. The molecule has 154 valence electrons. The number of allylic oxidation sites excluding steroid dienone is 3. The fourth-order valence-corrected chi connectivity index (χ4v) is 4.18. The zero-order valence-corrected chi connectivity index (χ0v) is 16.9. The highest BCUT2D eigenvalue weighted by Gasteiger charge is 2.47. The molecule has 3 rings (SSSR count). The average molecular weight is 401 g/mol. The molecule has 0 saturated heterocycles. The first kappa shape index (κ1) is 20.8. The maximum atomic E-state index is 14.0. The van der Waals surface area contributed by atoms with Crippen LogP contribution in [0.5, 0.6) is 0 Å². The molecule has 0 saturated carbocycles. The van der Waals surface area contributed by atoms with Crippen LogP contribution in [-0.4, -0.2) is 31.4 Å². The first-order valence-electron chi connectivity index (χ1n) is 9.55. The number of carbonyl (C=O) groups is 3. The van der Waals surface area contributed by atoms with E-state index in [1.54, 1.807) is 19.9 Å². The van der Waals surface area contributed by atoms with E-state index in [-0.39, 0.29) is 23.7 Å². The largest absolute Gasteiger partial charge is 0.468 e. The Kier molecular flexibility index (Phi) is 5.86. The highest BCUT2D eigenvalue weighted by molar-refractivity contribution is 6.12. The van der Waals surface area contributed by atoms with E-state index >= 15 is 0 Å². The molecular formula is C22H24FNO5. The lowest BCUT2D eigenvalue weighted by Gasteiger charge is -2.38. The van der Waals surface area contributed by atoms with Crippen LogP contribution in [0.15, 0.2) is 46.8 Å². The fourth-order valence-electron chi connectivity index (χ4n) is 4.18. The maximum absolute atomic E-state index is 14.0. The molecule has 1 N–H and O–H groups in total. The molecule has 6 nitrogen and oxygen atoms in total. The zero-order chi connectivity index (χ0) is 21.3. The molecule has 1 aliphatic carbocycles. The smallest absolute Gasteiger partial charge is 0.336 e. The quantitative estimate of drug-likeness (QED) is 0.617. The Balaban J connectivity index is 2.19. The maximum Gasteiger partial charge on any atom is 0.336 e. The van der Waals surface area contributed by atoms with Crippen LogP contribution in [0.25, 0.3) is 0 Å². The molecular weight excluding hydrogens is 377 g/mol. The number of methoxy groups -OCH3 is 1. The van der Waals surface area contributed by atoms with Crippen LogP contribution in [0.1, 0.15) is 38.7 Å². The van der Waals surface area contributed by atoms with E-state index < -0.39 is 35.4 Å². The van der Waals surface area contributed by atoms with Crippen molar-refractivity contribution in [2.24, 2.45) is 11.8 Å². The minimum Gasteiger partial charge on any atom is -0.468 e. The highest BCUT2D eigenvalue weighted by Crippen LogP contribution is 2.45. The molecule has 3 atom stereocenters. The Morgan fingerprint density at radius 2 is 2.03 bits per heavy atom. The Hall–Kier alpha value is -2.96. The summed E-state index contributed by atoms with van der Waals surface area (Å²) in [6, 6.07) is 5.78. The average Bonchev–Trinajstić information content (AvgIpc) is 2.66. The number of esters is 2.